The van der Waals surface area contributed by atoms with Crippen LogP contribution in [0, 0.1) is 5.92 Å². The molecular weight excluding hydrogens is 500 g/mol. The van der Waals surface area contributed by atoms with E-state index in [1.165, 1.54) is 6.07 Å². The van der Waals surface area contributed by atoms with Crippen molar-refractivity contribution >= 4 is 35.3 Å². The Labute approximate surface area is 220 Å². The number of hydrogen-bond donors (Lipinski definition) is 5. The van der Waals surface area contributed by atoms with Crippen molar-refractivity contribution in [2.24, 2.45) is 11.7 Å². The van der Waals surface area contributed by atoms with Crippen molar-refractivity contribution in [1.82, 2.24) is 16.0 Å². The minimum absolute atomic E-state index is 0.0890. The third-order valence-electron chi connectivity index (χ3n) is 5.43. The van der Waals surface area contributed by atoms with E-state index in [-0.39, 0.29) is 35.8 Å². The normalized spacial score (nSPS) is 12.4. The van der Waals surface area contributed by atoms with Gasteiger partial charge < -0.3 is 31.5 Å². The van der Waals surface area contributed by atoms with E-state index in [1.54, 1.807) is 26.0 Å². The zero-order chi connectivity index (χ0) is 27.4. The second-order valence-corrected chi connectivity index (χ2v) is 9.19. The van der Waals surface area contributed by atoms with E-state index in [0.717, 1.165) is 5.56 Å². The first-order chi connectivity index (χ1) is 17.6. The summed E-state index contributed by atoms with van der Waals surface area (Å²) in [5.41, 5.74) is 6.43. The molecule has 10 nitrogen and oxygen atoms in total. The number of amides is 3. The number of carboxylic acids is 1. The van der Waals surface area contributed by atoms with Crippen molar-refractivity contribution in [3.63, 3.8) is 0 Å². The average molecular weight is 533 g/mol. The summed E-state index contributed by atoms with van der Waals surface area (Å²) >= 11 is 6.10. The molecule has 2 aromatic carbocycles. The van der Waals surface area contributed by atoms with E-state index in [9.17, 15) is 24.3 Å². The second-order valence-electron chi connectivity index (χ2n) is 8.75. The number of aliphatic carboxylic acids is 1. The molecule has 0 radical (unpaired) electrons. The number of ether oxygens (including phenoxy) is 1. The van der Waals surface area contributed by atoms with Gasteiger partial charge in [0.2, 0.25) is 11.8 Å². The summed E-state index contributed by atoms with van der Waals surface area (Å²) in [5, 5.41) is 17.9. The minimum Gasteiger partial charge on any atom is -0.491 e. The SMILES string of the molecule is CC(C)[C@H](NC(=O)[C@H](CCC(N)=O)NC(=O)c1cc(Cl)ccc1OCCNCc1ccccc1)C(=O)O. The lowest BCUT2D eigenvalue weighted by atomic mass is 10.0. The van der Waals surface area contributed by atoms with E-state index < -0.39 is 41.7 Å². The molecule has 0 aromatic heterocycles. The molecule has 3 amide bonds. The molecular formula is C26H33ClN4O6. The van der Waals surface area contributed by atoms with Crippen LogP contribution in [0.3, 0.4) is 0 Å². The molecule has 0 fully saturated rings. The zero-order valence-corrected chi connectivity index (χ0v) is 21.6. The molecule has 0 bridgehead atoms. The number of carbonyl (C=O) groups excluding carboxylic acids is 3. The molecule has 200 valence electrons. The Morgan fingerprint density at radius 2 is 1.76 bits per heavy atom. The maximum Gasteiger partial charge on any atom is 0.326 e. The highest BCUT2D eigenvalue weighted by Crippen LogP contribution is 2.23. The van der Waals surface area contributed by atoms with Gasteiger partial charge in [0, 0.05) is 24.5 Å². The fourth-order valence-electron chi connectivity index (χ4n) is 3.43. The van der Waals surface area contributed by atoms with Crippen LogP contribution in [0.25, 0.3) is 0 Å². The summed E-state index contributed by atoms with van der Waals surface area (Å²) in [6.45, 7) is 4.70. The zero-order valence-electron chi connectivity index (χ0n) is 20.8. The Kier molecular flexibility index (Phi) is 11.9. The molecule has 2 rings (SSSR count). The largest absolute Gasteiger partial charge is 0.491 e. The Morgan fingerprint density at radius 1 is 1.05 bits per heavy atom. The summed E-state index contributed by atoms with van der Waals surface area (Å²) < 4.78 is 5.78. The van der Waals surface area contributed by atoms with Crippen LogP contribution >= 0.6 is 11.6 Å². The first-order valence-corrected chi connectivity index (χ1v) is 12.3. The number of halogens is 1. The third-order valence-corrected chi connectivity index (χ3v) is 5.66. The number of hydrogen-bond acceptors (Lipinski definition) is 6. The molecule has 2 aromatic rings. The average Bonchev–Trinajstić information content (AvgIpc) is 2.85. The second kappa shape index (κ2) is 14.8. The Morgan fingerprint density at radius 3 is 2.38 bits per heavy atom. The maximum atomic E-state index is 13.1. The smallest absolute Gasteiger partial charge is 0.326 e. The van der Waals surface area contributed by atoms with Crippen LogP contribution < -0.4 is 26.4 Å². The first kappa shape index (κ1) is 29.6. The Balaban J connectivity index is 2.08. The number of nitrogens with two attached hydrogens (primary N) is 1. The minimum atomic E-state index is -1.21. The van der Waals surface area contributed by atoms with Gasteiger partial charge in [0.25, 0.3) is 5.91 Å². The van der Waals surface area contributed by atoms with Crippen LogP contribution in [0.1, 0.15) is 42.6 Å². The van der Waals surface area contributed by atoms with Gasteiger partial charge in [0.05, 0.1) is 5.56 Å². The quantitative estimate of drug-likeness (QED) is 0.219. The van der Waals surface area contributed by atoms with Gasteiger partial charge in [-0.05, 0) is 36.1 Å². The van der Waals surface area contributed by atoms with Crippen LogP contribution in [0.2, 0.25) is 5.02 Å². The standard InChI is InChI=1S/C26H33ClN4O6/c1-16(2)23(26(35)36)31-25(34)20(9-11-22(28)32)30-24(33)19-14-18(27)8-10-21(19)37-13-12-29-15-17-6-4-3-5-7-17/h3-8,10,14,16,20,23,29H,9,11-13,15H2,1-2H3,(H2,28,32)(H,30,33)(H,31,34)(H,35,36)/t20-,23-/m0/s1. The van der Waals surface area contributed by atoms with Gasteiger partial charge in [-0.25, -0.2) is 4.79 Å². The van der Waals surface area contributed by atoms with Gasteiger partial charge in [0.1, 0.15) is 24.4 Å². The molecule has 0 saturated heterocycles. The molecule has 0 unspecified atom stereocenters. The van der Waals surface area contributed by atoms with Crippen LogP contribution in [-0.4, -0.2) is 54.0 Å². The van der Waals surface area contributed by atoms with Crippen molar-refractivity contribution in [2.45, 2.75) is 45.3 Å². The van der Waals surface area contributed by atoms with E-state index in [0.29, 0.717) is 13.1 Å². The predicted octanol–water partition coefficient (Wildman–Crippen LogP) is 2.10. The summed E-state index contributed by atoms with van der Waals surface area (Å²) in [7, 11) is 0. The van der Waals surface area contributed by atoms with Crippen molar-refractivity contribution in [3.8, 4) is 5.75 Å². The molecule has 11 heteroatoms. The third kappa shape index (κ3) is 10.1. The highest BCUT2D eigenvalue weighted by molar-refractivity contribution is 6.31. The van der Waals surface area contributed by atoms with Crippen LogP contribution in [0.4, 0.5) is 0 Å². The van der Waals surface area contributed by atoms with Crippen molar-refractivity contribution in [3.05, 3.63) is 64.7 Å². The predicted molar refractivity (Wildman–Crippen MR) is 139 cm³/mol. The number of carbonyl (C=O) groups is 4. The number of primary amides is 1. The molecule has 2 atom stereocenters. The van der Waals surface area contributed by atoms with Crippen LogP contribution in [-0.2, 0) is 20.9 Å². The van der Waals surface area contributed by atoms with Crippen molar-refractivity contribution < 1.29 is 29.0 Å². The van der Waals surface area contributed by atoms with E-state index in [4.69, 9.17) is 22.1 Å². The molecule has 0 aliphatic rings. The number of rotatable bonds is 15. The number of nitrogens with one attached hydrogen (secondary N) is 3. The van der Waals surface area contributed by atoms with Gasteiger partial charge in [-0.2, -0.15) is 0 Å². The molecule has 6 N–H and O–H groups in total. The number of benzene rings is 2. The van der Waals surface area contributed by atoms with E-state index in [1.807, 2.05) is 30.3 Å². The number of carboxylic acid groups (broad SMARTS) is 1. The van der Waals surface area contributed by atoms with Gasteiger partial charge in [-0.3, -0.25) is 14.4 Å². The van der Waals surface area contributed by atoms with Gasteiger partial charge >= 0.3 is 5.97 Å². The van der Waals surface area contributed by atoms with Gasteiger partial charge in [-0.15, -0.1) is 0 Å². The van der Waals surface area contributed by atoms with Gasteiger partial charge in [0.15, 0.2) is 0 Å². The molecule has 0 aliphatic heterocycles. The topological polar surface area (TPSA) is 160 Å². The Bertz CT molecular complexity index is 1080. The van der Waals surface area contributed by atoms with E-state index in [2.05, 4.69) is 16.0 Å². The van der Waals surface area contributed by atoms with Gasteiger partial charge in [-0.1, -0.05) is 55.8 Å². The molecule has 0 spiro atoms. The highest BCUT2D eigenvalue weighted by Gasteiger charge is 2.29. The fraction of sp³-hybridized carbons (Fsp3) is 0.385. The molecule has 0 aliphatic carbocycles. The lowest BCUT2D eigenvalue weighted by molar-refractivity contribution is -0.143. The first-order valence-electron chi connectivity index (χ1n) is 11.9. The fourth-order valence-corrected chi connectivity index (χ4v) is 3.60. The Hall–Kier alpha value is -3.63. The molecule has 0 heterocycles. The van der Waals surface area contributed by atoms with Crippen molar-refractivity contribution in [2.75, 3.05) is 13.2 Å². The lowest BCUT2D eigenvalue weighted by Gasteiger charge is -2.23. The molecule has 37 heavy (non-hydrogen) atoms. The van der Waals surface area contributed by atoms with Crippen molar-refractivity contribution in [1.29, 1.82) is 0 Å². The van der Waals surface area contributed by atoms with Crippen LogP contribution in [0.15, 0.2) is 48.5 Å². The maximum absolute atomic E-state index is 13.1. The highest BCUT2D eigenvalue weighted by atomic mass is 35.5. The summed E-state index contributed by atoms with van der Waals surface area (Å²) in [4.78, 5) is 48.8. The summed E-state index contributed by atoms with van der Waals surface area (Å²) in [5.74, 6) is -3.45. The van der Waals surface area contributed by atoms with Crippen LogP contribution in [0.5, 0.6) is 5.75 Å². The monoisotopic (exact) mass is 532 g/mol. The van der Waals surface area contributed by atoms with E-state index >= 15 is 0 Å². The molecule has 0 saturated carbocycles. The lowest BCUT2D eigenvalue weighted by Crippen LogP contribution is -2.53. The summed E-state index contributed by atoms with van der Waals surface area (Å²) in [6.07, 6.45) is -0.304. The summed E-state index contributed by atoms with van der Waals surface area (Å²) in [6, 6.07) is 12.0.